The van der Waals surface area contributed by atoms with Gasteiger partial charge in [-0.05, 0) is 25.3 Å². The van der Waals surface area contributed by atoms with Crippen molar-refractivity contribution in [2.24, 2.45) is 5.73 Å². The molecule has 62 valence electrons. The van der Waals surface area contributed by atoms with E-state index in [4.69, 9.17) is 18.0 Å². The topological polar surface area (TPSA) is 29.3 Å². The van der Waals surface area contributed by atoms with Crippen LogP contribution in [0.15, 0.2) is 12.3 Å². The van der Waals surface area contributed by atoms with Crippen molar-refractivity contribution in [3.63, 3.8) is 0 Å². The summed E-state index contributed by atoms with van der Waals surface area (Å²) in [7, 11) is 0. The molecule has 1 heterocycles. The molecule has 1 rings (SSSR count). The second-order valence-electron chi connectivity index (χ2n) is 2.81. The highest BCUT2D eigenvalue weighted by atomic mass is 32.1. The van der Waals surface area contributed by atoms with Gasteiger partial charge >= 0.3 is 0 Å². The summed E-state index contributed by atoms with van der Waals surface area (Å²) in [6.45, 7) is 2.30. The fraction of sp³-hybridized carbons (Fsp3) is 0.625. The number of nitrogens with zero attached hydrogens (tertiary/aromatic N) is 1. The second kappa shape index (κ2) is 4.34. The van der Waals surface area contributed by atoms with Crippen molar-refractivity contribution in [3.05, 3.63) is 12.3 Å². The van der Waals surface area contributed by atoms with Gasteiger partial charge in [-0.25, -0.2) is 0 Å². The first-order chi connectivity index (χ1) is 5.29. The first kappa shape index (κ1) is 8.53. The fourth-order valence-electron chi connectivity index (χ4n) is 1.25. The molecule has 0 atom stereocenters. The van der Waals surface area contributed by atoms with E-state index >= 15 is 0 Å². The Labute approximate surface area is 73.1 Å². The van der Waals surface area contributed by atoms with Crippen molar-refractivity contribution < 1.29 is 0 Å². The Morgan fingerprint density at radius 3 is 2.45 bits per heavy atom. The number of hydrogen-bond donors (Lipinski definition) is 1. The van der Waals surface area contributed by atoms with Crippen molar-refractivity contribution in [1.82, 2.24) is 4.90 Å². The molecule has 1 aliphatic rings. The summed E-state index contributed by atoms with van der Waals surface area (Å²) in [6.07, 6.45) is 7.74. The van der Waals surface area contributed by atoms with E-state index in [9.17, 15) is 0 Å². The van der Waals surface area contributed by atoms with Gasteiger partial charge in [0.1, 0.15) is 0 Å². The SMILES string of the molecule is NC(=S)/C=C/N1CCCCC1. The van der Waals surface area contributed by atoms with E-state index in [1.54, 1.807) is 6.08 Å². The normalized spacial score (nSPS) is 19.1. The highest BCUT2D eigenvalue weighted by molar-refractivity contribution is 7.80. The quantitative estimate of drug-likeness (QED) is 0.500. The van der Waals surface area contributed by atoms with Crippen LogP contribution in [-0.2, 0) is 0 Å². The molecule has 0 aromatic heterocycles. The summed E-state index contributed by atoms with van der Waals surface area (Å²) in [5, 5.41) is 0. The van der Waals surface area contributed by atoms with E-state index in [0.29, 0.717) is 4.99 Å². The van der Waals surface area contributed by atoms with Crippen LogP contribution in [0, 0.1) is 0 Å². The maximum Gasteiger partial charge on any atom is 0.0976 e. The molecule has 1 saturated heterocycles. The van der Waals surface area contributed by atoms with Crippen LogP contribution in [0.3, 0.4) is 0 Å². The van der Waals surface area contributed by atoms with Crippen molar-refractivity contribution in [2.45, 2.75) is 19.3 Å². The van der Waals surface area contributed by atoms with E-state index in [-0.39, 0.29) is 0 Å². The van der Waals surface area contributed by atoms with Crippen LogP contribution in [0.4, 0.5) is 0 Å². The first-order valence-corrected chi connectivity index (χ1v) is 4.41. The minimum Gasteiger partial charge on any atom is -0.390 e. The minimum atomic E-state index is 0.468. The molecule has 0 aromatic carbocycles. The van der Waals surface area contributed by atoms with E-state index in [1.165, 1.54) is 19.3 Å². The van der Waals surface area contributed by atoms with Gasteiger partial charge in [0.2, 0.25) is 0 Å². The summed E-state index contributed by atoms with van der Waals surface area (Å²) in [4.78, 5) is 2.73. The predicted octanol–water partition coefficient (Wildman–Crippen LogP) is 1.27. The van der Waals surface area contributed by atoms with Gasteiger partial charge in [0.05, 0.1) is 4.99 Å². The third kappa shape index (κ3) is 3.37. The molecule has 2 N–H and O–H groups in total. The smallest absolute Gasteiger partial charge is 0.0976 e. The summed E-state index contributed by atoms with van der Waals surface area (Å²) < 4.78 is 0. The molecule has 0 unspecified atom stereocenters. The molecule has 0 spiro atoms. The van der Waals surface area contributed by atoms with Crippen LogP contribution in [0.1, 0.15) is 19.3 Å². The van der Waals surface area contributed by atoms with Crippen LogP contribution in [-0.4, -0.2) is 23.0 Å². The molecule has 2 nitrogen and oxygen atoms in total. The van der Waals surface area contributed by atoms with Crippen LogP contribution < -0.4 is 5.73 Å². The van der Waals surface area contributed by atoms with Crippen LogP contribution >= 0.6 is 12.2 Å². The highest BCUT2D eigenvalue weighted by Gasteiger charge is 2.04. The second-order valence-corrected chi connectivity index (χ2v) is 3.29. The zero-order valence-corrected chi connectivity index (χ0v) is 7.44. The molecule has 1 aliphatic heterocycles. The summed E-state index contributed by atoms with van der Waals surface area (Å²) >= 11 is 4.73. The average Bonchev–Trinajstić information content (AvgIpc) is 2.03. The molecule has 0 bridgehead atoms. The molecule has 0 aromatic rings. The number of rotatable bonds is 2. The van der Waals surface area contributed by atoms with Crippen LogP contribution in [0.25, 0.3) is 0 Å². The largest absolute Gasteiger partial charge is 0.390 e. The molecule has 0 aliphatic carbocycles. The summed E-state index contributed by atoms with van der Waals surface area (Å²) in [6, 6.07) is 0. The molecule has 1 fully saturated rings. The van der Waals surface area contributed by atoms with E-state index < -0.39 is 0 Å². The Bertz CT molecular complexity index is 159. The van der Waals surface area contributed by atoms with E-state index in [1.807, 2.05) is 6.20 Å². The molecule has 3 heteroatoms. The third-order valence-electron chi connectivity index (χ3n) is 1.84. The van der Waals surface area contributed by atoms with E-state index in [0.717, 1.165) is 13.1 Å². The maximum absolute atomic E-state index is 5.33. The van der Waals surface area contributed by atoms with Crippen molar-refractivity contribution >= 4 is 17.2 Å². The Kier molecular flexibility index (Phi) is 3.36. The van der Waals surface area contributed by atoms with Gasteiger partial charge < -0.3 is 10.6 Å². The van der Waals surface area contributed by atoms with Crippen molar-refractivity contribution in [2.75, 3.05) is 13.1 Å². The molecular formula is C8H14N2S. The number of piperidine rings is 1. The van der Waals surface area contributed by atoms with Gasteiger partial charge in [-0.2, -0.15) is 0 Å². The molecule has 0 saturated carbocycles. The Hall–Kier alpha value is -0.570. The number of likely N-dealkylation sites (tertiary alicyclic amines) is 1. The van der Waals surface area contributed by atoms with Gasteiger partial charge in [0.15, 0.2) is 0 Å². The monoisotopic (exact) mass is 170 g/mol. The molecule has 0 radical (unpaired) electrons. The van der Waals surface area contributed by atoms with Crippen LogP contribution in [0.2, 0.25) is 0 Å². The lowest BCUT2D eigenvalue weighted by Crippen LogP contribution is -2.24. The fourth-order valence-corrected chi connectivity index (χ4v) is 1.31. The lowest BCUT2D eigenvalue weighted by molar-refractivity contribution is 0.310. The summed E-state index contributed by atoms with van der Waals surface area (Å²) in [5.74, 6) is 0. The van der Waals surface area contributed by atoms with Gasteiger partial charge in [0, 0.05) is 19.3 Å². The Balaban J connectivity index is 2.29. The molecular weight excluding hydrogens is 156 g/mol. The van der Waals surface area contributed by atoms with Crippen LogP contribution in [0.5, 0.6) is 0 Å². The zero-order valence-electron chi connectivity index (χ0n) is 6.62. The average molecular weight is 170 g/mol. The van der Waals surface area contributed by atoms with Gasteiger partial charge in [-0.3, -0.25) is 0 Å². The van der Waals surface area contributed by atoms with Crippen molar-refractivity contribution in [1.29, 1.82) is 0 Å². The lowest BCUT2D eigenvalue weighted by Gasteiger charge is -2.24. The van der Waals surface area contributed by atoms with E-state index in [2.05, 4.69) is 4.90 Å². The van der Waals surface area contributed by atoms with Gasteiger partial charge in [-0.15, -0.1) is 0 Å². The first-order valence-electron chi connectivity index (χ1n) is 4.01. The predicted molar refractivity (Wildman–Crippen MR) is 51.3 cm³/mol. The minimum absolute atomic E-state index is 0.468. The number of hydrogen-bond acceptors (Lipinski definition) is 2. The maximum atomic E-state index is 5.33. The zero-order chi connectivity index (χ0) is 8.10. The lowest BCUT2D eigenvalue weighted by atomic mass is 10.1. The molecule has 11 heavy (non-hydrogen) atoms. The summed E-state index contributed by atoms with van der Waals surface area (Å²) in [5.41, 5.74) is 5.33. The third-order valence-corrected chi connectivity index (χ3v) is 1.98. The number of nitrogens with two attached hydrogens (primary N) is 1. The van der Waals surface area contributed by atoms with Crippen molar-refractivity contribution in [3.8, 4) is 0 Å². The Morgan fingerprint density at radius 1 is 1.27 bits per heavy atom. The van der Waals surface area contributed by atoms with Gasteiger partial charge in [0.25, 0.3) is 0 Å². The number of thiocarbonyl (C=S) groups is 1. The standard InChI is InChI=1S/C8H14N2S/c9-8(11)4-7-10-5-2-1-3-6-10/h4,7H,1-3,5-6H2,(H2,9,11)/b7-4+. The Morgan fingerprint density at radius 2 is 1.91 bits per heavy atom. The molecule has 0 amide bonds. The highest BCUT2D eigenvalue weighted by Crippen LogP contribution is 2.08. The van der Waals surface area contributed by atoms with Gasteiger partial charge in [-0.1, -0.05) is 12.2 Å².